The van der Waals surface area contributed by atoms with Crippen molar-refractivity contribution in [2.45, 2.75) is 32.2 Å². The Morgan fingerprint density at radius 3 is 2.52 bits per heavy atom. The molecule has 0 fully saturated rings. The molecule has 0 spiro atoms. The molecule has 2 aromatic rings. The second kappa shape index (κ2) is 6.04. The van der Waals surface area contributed by atoms with Crippen molar-refractivity contribution < 1.29 is 8.42 Å². The van der Waals surface area contributed by atoms with E-state index in [9.17, 15) is 8.42 Å². The Morgan fingerprint density at radius 1 is 1.19 bits per heavy atom. The third-order valence-corrected chi connectivity index (χ3v) is 5.70. The average Bonchev–Trinajstić information content (AvgIpc) is 2.76. The monoisotopic (exact) mass is 327 g/mol. The first-order valence-corrected chi connectivity index (χ1v) is 8.63. The molecule has 0 aliphatic heterocycles. The van der Waals surface area contributed by atoms with E-state index in [1.54, 1.807) is 27.8 Å². The van der Waals surface area contributed by atoms with Crippen molar-refractivity contribution in [3.05, 3.63) is 27.2 Å². The lowest BCUT2D eigenvalue weighted by atomic mass is 10.3. The maximum atomic E-state index is 12.5. The fourth-order valence-corrected chi connectivity index (χ4v) is 4.57. The molecule has 0 unspecified atom stereocenters. The molecule has 0 aromatic carbocycles. The van der Waals surface area contributed by atoms with E-state index in [4.69, 9.17) is 0 Å². The standard InChI is InChI=1S/C12H17N5O2S2/c1-7-6-20-10(5-13-4)11(7)21(18,19)17-12-14-8(2)9(3)15-16-12/h6,13H,5H2,1-4H3,(H,14,16,17). The molecule has 0 radical (unpaired) electrons. The van der Waals surface area contributed by atoms with Crippen LogP contribution in [-0.4, -0.2) is 30.6 Å². The van der Waals surface area contributed by atoms with E-state index in [0.29, 0.717) is 23.5 Å². The summed E-state index contributed by atoms with van der Waals surface area (Å²) < 4.78 is 27.5. The molecule has 2 aromatic heterocycles. The molecule has 0 amide bonds. The zero-order chi connectivity index (χ0) is 15.6. The van der Waals surface area contributed by atoms with E-state index in [2.05, 4.69) is 25.2 Å². The summed E-state index contributed by atoms with van der Waals surface area (Å²) in [4.78, 5) is 5.13. The Labute approximate surface area is 127 Å². The van der Waals surface area contributed by atoms with Crippen molar-refractivity contribution >= 4 is 27.3 Å². The quantitative estimate of drug-likeness (QED) is 0.861. The van der Waals surface area contributed by atoms with E-state index in [-0.39, 0.29) is 10.8 Å². The number of nitrogens with zero attached hydrogens (tertiary/aromatic N) is 3. The second-order valence-electron chi connectivity index (χ2n) is 4.61. The molecular formula is C12H17N5O2S2. The second-order valence-corrected chi connectivity index (χ2v) is 7.20. The largest absolute Gasteiger partial charge is 0.315 e. The minimum Gasteiger partial charge on any atom is -0.315 e. The molecule has 0 atom stereocenters. The fraction of sp³-hybridized carbons (Fsp3) is 0.417. The first kappa shape index (κ1) is 15.8. The SMILES string of the molecule is CNCc1scc(C)c1S(=O)(=O)Nc1nnc(C)c(C)n1. The third-order valence-electron chi connectivity index (χ3n) is 2.91. The summed E-state index contributed by atoms with van der Waals surface area (Å²) in [7, 11) is -1.95. The van der Waals surface area contributed by atoms with Gasteiger partial charge in [-0.05, 0) is 38.8 Å². The molecule has 2 rings (SSSR count). The van der Waals surface area contributed by atoms with Crippen LogP contribution >= 0.6 is 11.3 Å². The summed E-state index contributed by atoms with van der Waals surface area (Å²) in [5.41, 5.74) is 2.01. The smallest absolute Gasteiger partial charge is 0.265 e. The van der Waals surface area contributed by atoms with Gasteiger partial charge >= 0.3 is 0 Å². The van der Waals surface area contributed by atoms with Crippen LogP contribution < -0.4 is 10.0 Å². The lowest BCUT2D eigenvalue weighted by molar-refractivity contribution is 0.599. The van der Waals surface area contributed by atoms with Crippen LogP contribution in [0.1, 0.15) is 21.8 Å². The molecule has 9 heteroatoms. The normalized spacial score (nSPS) is 11.6. The number of rotatable bonds is 5. The number of hydrogen-bond acceptors (Lipinski definition) is 7. The summed E-state index contributed by atoms with van der Waals surface area (Å²) in [5, 5.41) is 12.4. The minimum atomic E-state index is -3.73. The number of thiophene rings is 1. The highest BCUT2D eigenvalue weighted by Crippen LogP contribution is 2.27. The number of nitrogens with one attached hydrogen (secondary N) is 2. The van der Waals surface area contributed by atoms with Crippen molar-refractivity contribution in [1.29, 1.82) is 0 Å². The molecule has 7 nitrogen and oxygen atoms in total. The number of hydrogen-bond donors (Lipinski definition) is 2. The first-order chi connectivity index (χ1) is 9.85. The zero-order valence-electron chi connectivity index (χ0n) is 12.3. The van der Waals surface area contributed by atoms with Gasteiger partial charge in [0, 0.05) is 11.4 Å². The Bertz CT molecular complexity index is 755. The van der Waals surface area contributed by atoms with Crippen LogP contribution in [0.25, 0.3) is 0 Å². The molecule has 0 bridgehead atoms. The Morgan fingerprint density at radius 2 is 1.90 bits per heavy atom. The highest BCUT2D eigenvalue weighted by Gasteiger charge is 2.24. The Balaban J connectivity index is 2.38. The van der Waals surface area contributed by atoms with Crippen LogP contribution in [0, 0.1) is 20.8 Å². The van der Waals surface area contributed by atoms with E-state index in [0.717, 1.165) is 4.88 Å². The van der Waals surface area contributed by atoms with Crippen molar-refractivity contribution in [3.63, 3.8) is 0 Å². The van der Waals surface area contributed by atoms with Crippen molar-refractivity contribution in [3.8, 4) is 0 Å². The van der Waals surface area contributed by atoms with Crippen LogP contribution in [0.5, 0.6) is 0 Å². The lowest BCUT2D eigenvalue weighted by Crippen LogP contribution is -2.19. The van der Waals surface area contributed by atoms with Gasteiger partial charge in [0.1, 0.15) is 4.90 Å². The van der Waals surface area contributed by atoms with Crippen molar-refractivity contribution in [1.82, 2.24) is 20.5 Å². The number of sulfonamides is 1. The molecule has 0 aliphatic rings. The van der Waals surface area contributed by atoms with Gasteiger partial charge in [-0.15, -0.1) is 16.4 Å². The first-order valence-electron chi connectivity index (χ1n) is 6.27. The summed E-state index contributed by atoms with van der Waals surface area (Å²) in [6.45, 7) is 5.77. The summed E-state index contributed by atoms with van der Waals surface area (Å²) in [6.07, 6.45) is 0. The molecule has 0 aliphatic carbocycles. The summed E-state index contributed by atoms with van der Waals surface area (Å²) in [6, 6.07) is 0. The molecule has 0 saturated heterocycles. The van der Waals surface area contributed by atoms with Gasteiger partial charge < -0.3 is 5.32 Å². The van der Waals surface area contributed by atoms with Gasteiger partial charge in [0.15, 0.2) is 0 Å². The van der Waals surface area contributed by atoms with Crippen molar-refractivity contribution in [2.24, 2.45) is 0 Å². The van der Waals surface area contributed by atoms with Gasteiger partial charge in [-0.3, -0.25) is 0 Å². The predicted molar refractivity (Wildman–Crippen MR) is 81.9 cm³/mol. The average molecular weight is 327 g/mol. The Hall–Kier alpha value is -1.58. The van der Waals surface area contributed by atoms with Gasteiger partial charge in [0.2, 0.25) is 0 Å². The summed E-state index contributed by atoms with van der Waals surface area (Å²) >= 11 is 1.41. The fourth-order valence-electron chi connectivity index (χ4n) is 1.80. The maximum Gasteiger partial charge on any atom is 0.265 e. The van der Waals surface area contributed by atoms with Gasteiger partial charge in [-0.25, -0.2) is 18.1 Å². The van der Waals surface area contributed by atoms with Crippen LogP contribution in [0.3, 0.4) is 0 Å². The van der Waals surface area contributed by atoms with E-state index in [1.165, 1.54) is 11.3 Å². The predicted octanol–water partition coefficient (Wildman–Crippen LogP) is 1.38. The third kappa shape index (κ3) is 3.36. The van der Waals surface area contributed by atoms with Crippen LogP contribution in [0.15, 0.2) is 10.3 Å². The molecular weight excluding hydrogens is 310 g/mol. The van der Waals surface area contributed by atoms with E-state index < -0.39 is 10.0 Å². The number of aromatic nitrogens is 3. The minimum absolute atomic E-state index is 0.0147. The molecule has 2 heterocycles. The summed E-state index contributed by atoms with van der Waals surface area (Å²) in [5.74, 6) is -0.0147. The van der Waals surface area contributed by atoms with Gasteiger partial charge in [-0.2, -0.15) is 5.10 Å². The Kier molecular flexibility index (Phi) is 4.55. The van der Waals surface area contributed by atoms with Crippen LogP contribution in [0.4, 0.5) is 5.95 Å². The topological polar surface area (TPSA) is 96.9 Å². The van der Waals surface area contributed by atoms with Gasteiger partial charge in [0.05, 0.1) is 11.4 Å². The zero-order valence-corrected chi connectivity index (χ0v) is 13.9. The van der Waals surface area contributed by atoms with Gasteiger partial charge in [-0.1, -0.05) is 0 Å². The number of aryl methyl sites for hydroxylation is 3. The highest BCUT2D eigenvalue weighted by molar-refractivity contribution is 7.93. The van der Waals surface area contributed by atoms with E-state index in [1.807, 2.05) is 5.38 Å². The molecule has 114 valence electrons. The van der Waals surface area contributed by atoms with E-state index >= 15 is 0 Å². The highest BCUT2D eigenvalue weighted by atomic mass is 32.2. The maximum absolute atomic E-state index is 12.5. The molecule has 21 heavy (non-hydrogen) atoms. The molecule has 0 saturated carbocycles. The van der Waals surface area contributed by atoms with Gasteiger partial charge in [0.25, 0.3) is 16.0 Å². The van der Waals surface area contributed by atoms with Crippen LogP contribution in [0.2, 0.25) is 0 Å². The lowest BCUT2D eigenvalue weighted by Gasteiger charge is -2.09. The van der Waals surface area contributed by atoms with Crippen molar-refractivity contribution in [2.75, 3.05) is 11.8 Å². The number of anilines is 1. The molecule has 2 N–H and O–H groups in total. The van der Waals surface area contributed by atoms with Crippen LogP contribution in [-0.2, 0) is 16.6 Å².